The Balaban J connectivity index is 1.94. The molecule has 7 nitrogen and oxygen atoms in total. The number of carbonyl (C=O) groups excluding carboxylic acids is 2. The first kappa shape index (κ1) is 10.5. The van der Waals surface area contributed by atoms with E-state index in [9.17, 15) is 9.59 Å². The second-order valence-electron chi connectivity index (χ2n) is 3.52. The number of aromatic nitrogens is 1. The highest BCUT2D eigenvalue weighted by molar-refractivity contribution is 5.92. The topological polar surface area (TPSA) is 87.5 Å². The first-order valence-corrected chi connectivity index (χ1v) is 4.91. The first-order chi connectivity index (χ1) is 7.65. The number of carbonyl (C=O) groups is 2. The van der Waals surface area contributed by atoms with E-state index in [1.54, 1.807) is 13.0 Å². The van der Waals surface area contributed by atoms with E-state index in [2.05, 4.69) is 15.8 Å². The van der Waals surface area contributed by atoms with E-state index in [1.807, 2.05) is 0 Å². The molecule has 0 radical (unpaired) electrons. The van der Waals surface area contributed by atoms with Gasteiger partial charge in [0.2, 0.25) is 5.91 Å². The first-order valence-electron chi connectivity index (χ1n) is 4.91. The molecule has 0 bridgehead atoms. The largest absolute Gasteiger partial charge is 0.360 e. The zero-order valence-corrected chi connectivity index (χ0v) is 8.82. The van der Waals surface area contributed by atoms with Crippen LogP contribution in [0, 0.1) is 6.92 Å². The van der Waals surface area contributed by atoms with Gasteiger partial charge in [-0.15, -0.1) is 0 Å². The Morgan fingerprint density at radius 3 is 3.12 bits per heavy atom. The number of rotatable bonds is 1. The van der Waals surface area contributed by atoms with E-state index in [-0.39, 0.29) is 18.5 Å². The van der Waals surface area contributed by atoms with Crippen LogP contribution >= 0.6 is 0 Å². The standard InChI is InChI=1S/C9H12N4O3/c1-6-4-7(12-16-6)11-9(15)13-3-2-10-8(14)5-13/h4H,2-3,5H2,1H3,(H,10,14)(H,11,12,15). The summed E-state index contributed by atoms with van der Waals surface area (Å²) in [4.78, 5) is 24.2. The number of amides is 3. The van der Waals surface area contributed by atoms with Crippen molar-refractivity contribution >= 4 is 17.8 Å². The van der Waals surface area contributed by atoms with Crippen LogP contribution < -0.4 is 10.6 Å². The normalized spacial score (nSPS) is 15.8. The Morgan fingerprint density at radius 1 is 1.69 bits per heavy atom. The molecule has 2 rings (SSSR count). The van der Waals surface area contributed by atoms with Crippen molar-refractivity contribution in [3.8, 4) is 0 Å². The molecule has 86 valence electrons. The molecule has 16 heavy (non-hydrogen) atoms. The highest BCUT2D eigenvalue weighted by atomic mass is 16.5. The molecule has 1 saturated heterocycles. The van der Waals surface area contributed by atoms with Crippen molar-refractivity contribution in [2.75, 3.05) is 25.0 Å². The monoisotopic (exact) mass is 224 g/mol. The zero-order chi connectivity index (χ0) is 11.5. The van der Waals surface area contributed by atoms with Gasteiger partial charge in [-0.3, -0.25) is 10.1 Å². The Labute approximate surface area is 91.8 Å². The molecule has 0 unspecified atom stereocenters. The van der Waals surface area contributed by atoms with E-state index < -0.39 is 0 Å². The highest BCUT2D eigenvalue weighted by Gasteiger charge is 2.21. The lowest BCUT2D eigenvalue weighted by Gasteiger charge is -2.26. The maximum Gasteiger partial charge on any atom is 0.323 e. The van der Waals surface area contributed by atoms with Crippen LogP contribution in [-0.4, -0.2) is 41.6 Å². The van der Waals surface area contributed by atoms with Gasteiger partial charge in [0.1, 0.15) is 12.3 Å². The predicted octanol–water partition coefficient (Wildman–Crippen LogP) is -0.0533. The molecule has 1 aliphatic rings. The van der Waals surface area contributed by atoms with Gasteiger partial charge >= 0.3 is 6.03 Å². The average molecular weight is 224 g/mol. The molecule has 0 aromatic carbocycles. The number of urea groups is 1. The summed E-state index contributed by atoms with van der Waals surface area (Å²) in [5.74, 6) is 0.818. The molecule has 7 heteroatoms. The number of hydrogen-bond acceptors (Lipinski definition) is 4. The number of aryl methyl sites for hydroxylation is 1. The van der Waals surface area contributed by atoms with Crippen molar-refractivity contribution in [2.24, 2.45) is 0 Å². The molecule has 0 saturated carbocycles. The Morgan fingerprint density at radius 2 is 2.50 bits per heavy atom. The molecular formula is C9H12N4O3. The predicted molar refractivity (Wildman–Crippen MR) is 54.8 cm³/mol. The number of anilines is 1. The summed E-state index contributed by atoms with van der Waals surface area (Å²) in [7, 11) is 0. The minimum atomic E-state index is -0.344. The molecule has 0 atom stereocenters. The molecule has 2 heterocycles. The van der Waals surface area contributed by atoms with Crippen LogP contribution in [0.2, 0.25) is 0 Å². The van der Waals surface area contributed by atoms with Gasteiger partial charge < -0.3 is 14.7 Å². The van der Waals surface area contributed by atoms with Crippen LogP contribution in [-0.2, 0) is 4.79 Å². The summed E-state index contributed by atoms with van der Waals surface area (Å²) < 4.78 is 4.81. The van der Waals surface area contributed by atoms with Gasteiger partial charge in [-0.1, -0.05) is 5.16 Å². The van der Waals surface area contributed by atoms with Crippen LogP contribution in [0.4, 0.5) is 10.6 Å². The van der Waals surface area contributed by atoms with Crippen molar-refractivity contribution in [3.63, 3.8) is 0 Å². The fourth-order valence-electron chi connectivity index (χ4n) is 1.43. The highest BCUT2D eigenvalue weighted by Crippen LogP contribution is 2.08. The molecule has 1 aromatic rings. The second-order valence-corrected chi connectivity index (χ2v) is 3.52. The minimum absolute atomic E-state index is 0.0721. The lowest BCUT2D eigenvalue weighted by atomic mass is 10.4. The number of hydrogen-bond donors (Lipinski definition) is 2. The molecule has 1 aliphatic heterocycles. The van der Waals surface area contributed by atoms with Gasteiger partial charge in [0.05, 0.1) is 0 Å². The van der Waals surface area contributed by atoms with Crippen LogP contribution in [0.15, 0.2) is 10.6 Å². The quantitative estimate of drug-likeness (QED) is 0.700. The average Bonchev–Trinajstić information content (AvgIpc) is 2.64. The molecule has 3 amide bonds. The SMILES string of the molecule is Cc1cc(NC(=O)N2CCNC(=O)C2)no1. The van der Waals surface area contributed by atoms with E-state index in [0.29, 0.717) is 24.7 Å². The fourth-order valence-corrected chi connectivity index (χ4v) is 1.43. The maximum absolute atomic E-state index is 11.7. The van der Waals surface area contributed by atoms with Gasteiger partial charge in [-0.05, 0) is 6.92 Å². The van der Waals surface area contributed by atoms with E-state index >= 15 is 0 Å². The molecule has 1 aromatic heterocycles. The van der Waals surface area contributed by atoms with Crippen molar-refractivity contribution in [1.29, 1.82) is 0 Å². The smallest absolute Gasteiger partial charge is 0.323 e. The van der Waals surface area contributed by atoms with Crippen molar-refractivity contribution < 1.29 is 14.1 Å². The Hall–Kier alpha value is -2.05. The van der Waals surface area contributed by atoms with Crippen LogP contribution in [0.3, 0.4) is 0 Å². The van der Waals surface area contributed by atoms with Gasteiger partial charge in [0, 0.05) is 19.2 Å². The van der Waals surface area contributed by atoms with Crippen LogP contribution in [0.1, 0.15) is 5.76 Å². The summed E-state index contributed by atoms with van der Waals surface area (Å²) in [6.07, 6.45) is 0. The van der Waals surface area contributed by atoms with Gasteiger partial charge in [-0.2, -0.15) is 0 Å². The van der Waals surface area contributed by atoms with Gasteiger partial charge in [-0.25, -0.2) is 4.79 Å². The summed E-state index contributed by atoms with van der Waals surface area (Å²) in [6.45, 7) is 2.78. The van der Waals surface area contributed by atoms with Gasteiger partial charge in [0.15, 0.2) is 5.82 Å². The number of nitrogens with zero attached hydrogens (tertiary/aromatic N) is 2. The Kier molecular flexibility index (Phi) is 2.76. The third-order valence-corrected chi connectivity index (χ3v) is 2.19. The second kappa shape index (κ2) is 4.21. The molecule has 1 fully saturated rings. The molecule has 0 spiro atoms. The van der Waals surface area contributed by atoms with Crippen LogP contribution in [0.5, 0.6) is 0 Å². The van der Waals surface area contributed by atoms with Gasteiger partial charge in [0.25, 0.3) is 0 Å². The summed E-state index contributed by atoms with van der Waals surface area (Å²) in [5, 5.41) is 8.83. The summed E-state index contributed by atoms with van der Waals surface area (Å²) in [6, 6.07) is 1.27. The number of nitrogens with one attached hydrogen (secondary N) is 2. The summed E-state index contributed by atoms with van der Waals surface area (Å²) >= 11 is 0. The third-order valence-electron chi connectivity index (χ3n) is 2.19. The lowest BCUT2D eigenvalue weighted by molar-refractivity contribution is -0.123. The molecule has 2 N–H and O–H groups in total. The number of piperazine rings is 1. The molecular weight excluding hydrogens is 212 g/mol. The Bertz CT molecular complexity index is 415. The van der Waals surface area contributed by atoms with Crippen molar-refractivity contribution in [1.82, 2.24) is 15.4 Å². The van der Waals surface area contributed by atoms with Crippen LogP contribution in [0.25, 0.3) is 0 Å². The van der Waals surface area contributed by atoms with Crippen molar-refractivity contribution in [2.45, 2.75) is 6.92 Å². The lowest BCUT2D eigenvalue weighted by Crippen LogP contribution is -2.51. The maximum atomic E-state index is 11.7. The van der Waals surface area contributed by atoms with Crippen molar-refractivity contribution in [3.05, 3.63) is 11.8 Å². The fraction of sp³-hybridized carbons (Fsp3) is 0.444. The zero-order valence-electron chi connectivity index (χ0n) is 8.82. The minimum Gasteiger partial charge on any atom is -0.360 e. The molecule has 0 aliphatic carbocycles. The van der Waals surface area contributed by atoms with E-state index in [4.69, 9.17) is 4.52 Å². The third kappa shape index (κ3) is 2.30. The summed E-state index contributed by atoms with van der Waals surface area (Å²) in [5.41, 5.74) is 0. The van der Waals surface area contributed by atoms with E-state index in [1.165, 1.54) is 4.90 Å². The van der Waals surface area contributed by atoms with E-state index in [0.717, 1.165) is 0 Å².